The Balaban J connectivity index is 1.93. The van der Waals surface area contributed by atoms with Crippen molar-refractivity contribution >= 4 is 12.0 Å². The molecule has 5 nitrogen and oxygen atoms in total. The number of carbonyl (C=O) groups is 2. The van der Waals surface area contributed by atoms with Gasteiger partial charge in [-0.1, -0.05) is 33.1 Å². The highest BCUT2D eigenvalue weighted by Gasteiger charge is 2.45. The number of aliphatic carboxylic acids is 1. The molecular formula is C16H28N2O3. The molecule has 0 bridgehead atoms. The Kier molecular flexibility index (Phi) is 5.12. The van der Waals surface area contributed by atoms with Crippen LogP contribution in [0.15, 0.2) is 0 Å². The summed E-state index contributed by atoms with van der Waals surface area (Å²) < 4.78 is 0. The van der Waals surface area contributed by atoms with Gasteiger partial charge in [0.2, 0.25) is 0 Å². The van der Waals surface area contributed by atoms with E-state index in [1.54, 1.807) is 4.90 Å². The number of nitrogens with zero attached hydrogens (tertiary/aromatic N) is 1. The van der Waals surface area contributed by atoms with Gasteiger partial charge in [-0.3, -0.25) is 4.79 Å². The molecule has 1 aliphatic heterocycles. The molecular weight excluding hydrogens is 268 g/mol. The van der Waals surface area contributed by atoms with E-state index < -0.39 is 11.4 Å². The predicted octanol–water partition coefficient (Wildman–Crippen LogP) is 2.85. The minimum absolute atomic E-state index is 0.0759. The monoisotopic (exact) mass is 296 g/mol. The molecule has 0 aromatic heterocycles. The summed E-state index contributed by atoms with van der Waals surface area (Å²) in [4.78, 5) is 25.7. The molecule has 1 heterocycles. The van der Waals surface area contributed by atoms with E-state index in [4.69, 9.17) is 0 Å². The number of likely N-dealkylation sites (tertiary alicyclic amines) is 1. The Bertz CT molecular complexity index is 399. The zero-order chi connectivity index (χ0) is 15.5. The topological polar surface area (TPSA) is 69.6 Å². The number of urea groups is 1. The van der Waals surface area contributed by atoms with E-state index in [9.17, 15) is 14.7 Å². The molecule has 2 amide bonds. The van der Waals surface area contributed by atoms with Crippen molar-refractivity contribution in [2.24, 2.45) is 11.3 Å². The Hall–Kier alpha value is -1.26. The number of carbonyl (C=O) groups excluding carboxylic acids is 1. The Labute approximate surface area is 127 Å². The van der Waals surface area contributed by atoms with E-state index in [1.807, 2.05) is 6.92 Å². The fraction of sp³-hybridized carbons (Fsp3) is 0.875. The van der Waals surface area contributed by atoms with Gasteiger partial charge in [0.15, 0.2) is 0 Å². The summed E-state index contributed by atoms with van der Waals surface area (Å²) in [6.45, 7) is 5.09. The lowest BCUT2D eigenvalue weighted by Crippen LogP contribution is -2.48. The van der Waals surface area contributed by atoms with Crippen LogP contribution in [0.3, 0.4) is 0 Å². The minimum atomic E-state index is -0.759. The van der Waals surface area contributed by atoms with E-state index in [-0.39, 0.29) is 12.1 Å². The van der Waals surface area contributed by atoms with Gasteiger partial charge in [-0.2, -0.15) is 0 Å². The Morgan fingerprint density at radius 3 is 2.67 bits per heavy atom. The molecule has 3 atom stereocenters. The van der Waals surface area contributed by atoms with Gasteiger partial charge in [-0.25, -0.2) is 4.79 Å². The standard InChI is InChI=1S/C16H28N2O3/c1-3-8-16(14(19)20)9-10-18(11-16)15(21)17-13-7-5-4-6-12(13)2/h12-13H,3-11H2,1-2H3,(H,17,21)(H,19,20). The highest BCUT2D eigenvalue weighted by atomic mass is 16.4. The van der Waals surface area contributed by atoms with Crippen LogP contribution in [0.2, 0.25) is 0 Å². The summed E-state index contributed by atoms with van der Waals surface area (Å²) in [5.41, 5.74) is -0.732. The van der Waals surface area contributed by atoms with Crippen molar-refractivity contribution in [3.05, 3.63) is 0 Å². The normalized spacial score (nSPS) is 33.0. The third-order valence-corrected chi connectivity index (χ3v) is 5.24. The van der Waals surface area contributed by atoms with Crippen LogP contribution in [0, 0.1) is 11.3 Å². The fourth-order valence-electron chi connectivity index (χ4n) is 3.79. The number of carboxylic acids is 1. The summed E-state index contributed by atoms with van der Waals surface area (Å²) in [6, 6.07) is 0.172. The van der Waals surface area contributed by atoms with Gasteiger partial charge < -0.3 is 15.3 Å². The minimum Gasteiger partial charge on any atom is -0.481 e. The lowest BCUT2D eigenvalue weighted by atomic mass is 9.83. The van der Waals surface area contributed by atoms with Crippen molar-refractivity contribution in [1.29, 1.82) is 0 Å². The number of carboxylic acid groups (broad SMARTS) is 1. The summed E-state index contributed by atoms with van der Waals surface area (Å²) in [7, 11) is 0. The van der Waals surface area contributed by atoms with Gasteiger partial charge in [0, 0.05) is 19.1 Å². The second-order valence-electron chi connectivity index (χ2n) is 6.82. The molecule has 1 aliphatic carbocycles. The molecule has 21 heavy (non-hydrogen) atoms. The van der Waals surface area contributed by atoms with E-state index in [2.05, 4.69) is 12.2 Å². The van der Waals surface area contributed by atoms with Gasteiger partial charge in [0.05, 0.1) is 5.41 Å². The van der Waals surface area contributed by atoms with Crippen LogP contribution in [0.1, 0.15) is 58.8 Å². The summed E-state index contributed by atoms with van der Waals surface area (Å²) in [6.07, 6.45) is 6.68. The van der Waals surface area contributed by atoms with Gasteiger partial charge in [-0.05, 0) is 31.6 Å². The first-order valence-corrected chi connectivity index (χ1v) is 8.27. The lowest BCUT2D eigenvalue weighted by molar-refractivity contribution is -0.148. The molecule has 3 unspecified atom stereocenters. The number of amides is 2. The van der Waals surface area contributed by atoms with Crippen molar-refractivity contribution in [1.82, 2.24) is 10.2 Å². The van der Waals surface area contributed by atoms with E-state index in [0.29, 0.717) is 31.8 Å². The van der Waals surface area contributed by atoms with Crippen LogP contribution in [0.4, 0.5) is 4.79 Å². The predicted molar refractivity (Wildman–Crippen MR) is 81.1 cm³/mol. The lowest BCUT2D eigenvalue weighted by Gasteiger charge is -2.31. The van der Waals surface area contributed by atoms with Crippen molar-refractivity contribution in [2.45, 2.75) is 64.8 Å². The van der Waals surface area contributed by atoms with Gasteiger partial charge >= 0.3 is 12.0 Å². The zero-order valence-electron chi connectivity index (χ0n) is 13.2. The van der Waals surface area contributed by atoms with Crippen molar-refractivity contribution in [3.8, 4) is 0 Å². The highest BCUT2D eigenvalue weighted by Crippen LogP contribution is 2.35. The van der Waals surface area contributed by atoms with Gasteiger partial charge in [-0.15, -0.1) is 0 Å². The summed E-state index contributed by atoms with van der Waals surface area (Å²) >= 11 is 0. The number of rotatable bonds is 4. The molecule has 0 spiro atoms. The average molecular weight is 296 g/mol. The smallest absolute Gasteiger partial charge is 0.317 e. The number of hydrogen-bond donors (Lipinski definition) is 2. The molecule has 0 aromatic rings. The summed E-state index contributed by atoms with van der Waals surface area (Å²) in [5, 5.41) is 12.6. The van der Waals surface area contributed by atoms with Crippen LogP contribution >= 0.6 is 0 Å². The second-order valence-corrected chi connectivity index (χ2v) is 6.82. The Morgan fingerprint density at radius 2 is 2.05 bits per heavy atom. The SMILES string of the molecule is CCCC1(C(=O)O)CCN(C(=O)NC2CCCCC2C)C1. The van der Waals surface area contributed by atoms with Crippen LogP contribution in [-0.2, 0) is 4.79 Å². The average Bonchev–Trinajstić information content (AvgIpc) is 2.87. The molecule has 1 saturated carbocycles. The van der Waals surface area contributed by atoms with Crippen molar-refractivity contribution in [3.63, 3.8) is 0 Å². The maximum atomic E-state index is 12.4. The molecule has 2 fully saturated rings. The van der Waals surface area contributed by atoms with Crippen LogP contribution < -0.4 is 5.32 Å². The van der Waals surface area contributed by atoms with Crippen LogP contribution in [-0.4, -0.2) is 41.1 Å². The molecule has 0 aromatic carbocycles. The van der Waals surface area contributed by atoms with Crippen LogP contribution in [0.5, 0.6) is 0 Å². The van der Waals surface area contributed by atoms with Gasteiger partial charge in [0.25, 0.3) is 0 Å². The first kappa shape index (κ1) is 16.1. The van der Waals surface area contributed by atoms with Crippen LogP contribution in [0.25, 0.3) is 0 Å². The maximum absolute atomic E-state index is 12.4. The third kappa shape index (κ3) is 3.50. The maximum Gasteiger partial charge on any atom is 0.317 e. The quantitative estimate of drug-likeness (QED) is 0.838. The summed E-state index contributed by atoms with van der Waals surface area (Å²) in [5.74, 6) is -0.240. The molecule has 5 heteroatoms. The Morgan fingerprint density at radius 1 is 1.33 bits per heavy atom. The number of hydrogen-bond acceptors (Lipinski definition) is 2. The first-order chi connectivity index (χ1) is 9.98. The molecule has 2 rings (SSSR count). The molecule has 2 N–H and O–H groups in total. The van der Waals surface area contributed by atoms with Gasteiger partial charge in [0.1, 0.15) is 0 Å². The molecule has 2 aliphatic rings. The van der Waals surface area contributed by atoms with E-state index >= 15 is 0 Å². The fourth-order valence-corrected chi connectivity index (χ4v) is 3.79. The molecule has 120 valence electrons. The highest BCUT2D eigenvalue weighted by molar-refractivity contribution is 5.80. The zero-order valence-corrected chi connectivity index (χ0v) is 13.2. The number of nitrogens with one attached hydrogen (secondary N) is 1. The second kappa shape index (κ2) is 6.67. The van der Waals surface area contributed by atoms with Crippen molar-refractivity contribution in [2.75, 3.05) is 13.1 Å². The van der Waals surface area contributed by atoms with E-state index in [1.165, 1.54) is 19.3 Å². The molecule has 0 radical (unpaired) electrons. The molecule has 1 saturated heterocycles. The first-order valence-electron chi connectivity index (χ1n) is 8.27. The largest absolute Gasteiger partial charge is 0.481 e. The third-order valence-electron chi connectivity index (χ3n) is 5.24. The van der Waals surface area contributed by atoms with Crippen molar-refractivity contribution < 1.29 is 14.7 Å². The van der Waals surface area contributed by atoms with E-state index in [0.717, 1.165) is 12.8 Å².